The number of rotatable bonds is 10. The summed E-state index contributed by atoms with van der Waals surface area (Å²) in [6, 6.07) is 5.19. The van der Waals surface area contributed by atoms with E-state index in [2.05, 4.69) is 6.92 Å². The van der Waals surface area contributed by atoms with E-state index in [0.29, 0.717) is 23.4 Å². The number of hydrogen-bond donors (Lipinski definition) is 1. The third-order valence-corrected chi connectivity index (χ3v) is 5.55. The molecule has 1 aromatic carbocycles. The molecule has 1 aliphatic rings. The van der Waals surface area contributed by atoms with E-state index in [-0.39, 0.29) is 12.7 Å². The van der Waals surface area contributed by atoms with Crippen molar-refractivity contribution >= 4 is 18.9 Å². The van der Waals surface area contributed by atoms with E-state index >= 15 is 0 Å². The van der Waals surface area contributed by atoms with E-state index in [1.807, 2.05) is 34.6 Å². The van der Waals surface area contributed by atoms with Gasteiger partial charge in [0, 0.05) is 17.6 Å². The molecule has 1 aromatic rings. The predicted molar refractivity (Wildman–Crippen MR) is 109 cm³/mol. The molecule has 1 aliphatic heterocycles. The number of carbonyl (C=O) groups excluding carboxylic acids is 1. The van der Waals surface area contributed by atoms with Crippen LogP contribution < -0.4 is 10.2 Å². The molecule has 2 rings (SSSR count). The number of carbonyl (C=O) groups is 1. The summed E-state index contributed by atoms with van der Waals surface area (Å²) in [4.78, 5) is 11.6. The first-order valence-electron chi connectivity index (χ1n) is 9.99. The summed E-state index contributed by atoms with van der Waals surface area (Å²) in [5.74, 6) is 0.461. The van der Waals surface area contributed by atoms with Crippen LogP contribution in [0.5, 0.6) is 5.75 Å². The highest BCUT2D eigenvalue weighted by Crippen LogP contribution is 2.37. The minimum Gasteiger partial charge on any atom is -0.491 e. The van der Waals surface area contributed by atoms with Gasteiger partial charge in [-0.1, -0.05) is 25.5 Å². The van der Waals surface area contributed by atoms with Crippen LogP contribution in [-0.4, -0.2) is 55.1 Å². The molecule has 0 radical (unpaired) electrons. The van der Waals surface area contributed by atoms with Crippen LogP contribution in [0.15, 0.2) is 18.2 Å². The normalized spacial score (nSPS) is 20.0. The summed E-state index contributed by atoms with van der Waals surface area (Å²) in [5, 5.41) is 10.3. The first-order chi connectivity index (χ1) is 13.1. The van der Waals surface area contributed by atoms with Crippen molar-refractivity contribution in [3.05, 3.63) is 23.8 Å². The molecule has 0 bridgehead atoms. The van der Waals surface area contributed by atoms with Gasteiger partial charge >= 0.3 is 7.12 Å². The zero-order valence-corrected chi connectivity index (χ0v) is 17.9. The molecule has 1 fully saturated rings. The Morgan fingerprint density at radius 1 is 1.21 bits per heavy atom. The summed E-state index contributed by atoms with van der Waals surface area (Å²) in [7, 11) is -0.725. The molecule has 0 amide bonds. The monoisotopic (exact) mass is 392 g/mol. The van der Waals surface area contributed by atoms with Crippen molar-refractivity contribution in [3.8, 4) is 5.75 Å². The van der Waals surface area contributed by atoms with Crippen LogP contribution in [0.2, 0.25) is 0 Å². The predicted octanol–water partition coefficient (Wildman–Crippen LogP) is 2.74. The van der Waals surface area contributed by atoms with Crippen molar-refractivity contribution < 1.29 is 28.7 Å². The minimum atomic E-state index is -0.789. The Morgan fingerprint density at radius 3 is 2.43 bits per heavy atom. The van der Waals surface area contributed by atoms with Crippen LogP contribution in [0.3, 0.4) is 0 Å². The van der Waals surface area contributed by atoms with E-state index < -0.39 is 24.4 Å². The Morgan fingerprint density at radius 2 is 1.86 bits per heavy atom. The third kappa shape index (κ3) is 5.14. The lowest BCUT2D eigenvalue weighted by atomic mass is 9.75. The van der Waals surface area contributed by atoms with Gasteiger partial charge in [0.2, 0.25) is 0 Å². The van der Waals surface area contributed by atoms with E-state index in [9.17, 15) is 9.90 Å². The van der Waals surface area contributed by atoms with Crippen molar-refractivity contribution in [2.75, 3.05) is 13.2 Å². The maximum Gasteiger partial charge on any atom is 0.499 e. The molecule has 0 saturated carbocycles. The van der Waals surface area contributed by atoms with Crippen LogP contribution in [-0.2, 0) is 14.0 Å². The summed E-state index contributed by atoms with van der Waals surface area (Å²) in [6.45, 7) is 12.4. The Balaban J connectivity index is 2.15. The second-order valence-corrected chi connectivity index (χ2v) is 8.27. The molecule has 0 aromatic heterocycles. The van der Waals surface area contributed by atoms with Crippen molar-refractivity contribution in [2.24, 2.45) is 0 Å². The summed E-state index contributed by atoms with van der Waals surface area (Å²) in [5.41, 5.74) is -0.0846. The standard InChI is InChI=1S/C21H33BO6/c1-7-8-12-25-15(2)17(24)14-26-18-11-9-10-16(13-23)19(18)22-27-20(3,4)21(5,6)28-22/h9-11,13,15,17,24H,7-8,12,14H2,1-6H3. The van der Waals surface area contributed by atoms with Crippen molar-refractivity contribution in [1.82, 2.24) is 0 Å². The highest BCUT2D eigenvalue weighted by Gasteiger charge is 2.53. The second kappa shape index (κ2) is 9.40. The SMILES string of the molecule is CCCCOC(C)C(O)COc1cccc(C=O)c1B1OC(C)(C)C(C)(C)O1. The van der Waals surface area contributed by atoms with Gasteiger partial charge in [0.15, 0.2) is 0 Å². The topological polar surface area (TPSA) is 74.2 Å². The number of hydrogen-bond acceptors (Lipinski definition) is 6. The lowest BCUT2D eigenvalue weighted by Crippen LogP contribution is -2.41. The zero-order valence-electron chi connectivity index (χ0n) is 17.9. The summed E-state index contributed by atoms with van der Waals surface area (Å²) in [6.07, 6.45) is 1.62. The van der Waals surface area contributed by atoms with Crippen molar-refractivity contribution in [3.63, 3.8) is 0 Å². The number of unbranched alkanes of at least 4 members (excludes halogenated alkanes) is 1. The third-order valence-electron chi connectivity index (χ3n) is 5.55. The number of ether oxygens (including phenoxy) is 2. The van der Waals surface area contributed by atoms with E-state index in [1.54, 1.807) is 18.2 Å². The summed E-state index contributed by atoms with van der Waals surface area (Å²) < 4.78 is 23.7. The van der Waals surface area contributed by atoms with Crippen LogP contribution >= 0.6 is 0 Å². The molecule has 7 heteroatoms. The smallest absolute Gasteiger partial charge is 0.491 e. The molecule has 1 heterocycles. The lowest BCUT2D eigenvalue weighted by Gasteiger charge is -2.32. The van der Waals surface area contributed by atoms with Gasteiger partial charge < -0.3 is 23.9 Å². The molecule has 156 valence electrons. The molecule has 2 unspecified atom stereocenters. The fourth-order valence-electron chi connectivity index (χ4n) is 2.84. The van der Waals surface area contributed by atoms with Crippen LogP contribution in [0.1, 0.15) is 64.7 Å². The van der Waals surface area contributed by atoms with Gasteiger partial charge in [0.05, 0.1) is 17.3 Å². The second-order valence-electron chi connectivity index (χ2n) is 8.27. The van der Waals surface area contributed by atoms with Gasteiger partial charge in [-0.2, -0.15) is 0 Å². The average Bonchev–Trinajstić information content (AvgIpc) is 2.86. The number of aldehydes is 1. The van der Waals surface area contributed by atoms with Crippen LogP contribution in [0.4, 0.5) is 0 Å². The molecular weight excluding hydrogens is 359 g/mol. The Labute approximate surface area is 168 Å². The quantitative estimate of drug-likeness (QED) is 0.375. The number of benzene rings is 1. The molecule has 28 heavy (non-hydrogen) atoms. The first kappa shape index (κ1) is 22.9. The van der Waals surface area contributed by atoms with E-state index in [0.717, 1.165) is 19.1 Å². The van der Waals surface area contributed by atoms with Gasteiger partial charge in [0.25, 0.3) is 0 Å². The summed E-state index contributed by atoms with van der Waals surface area (Å²) >= 11 is 0. The Hall–Kier alpha value is -1.41. The van der Waals surface area contributed by atoms with Crippen molar-refractivity contribution in [1.29, 1.82) is 0 Å². The molecule has 1 N–H and O–H groups in total. The van der Waals surface area contributed by atoms with Crippen LogP contribution in [0.25, 0.3) is 0 Å². The Bertz CT molecular complexity index is 644. The largest absolute Gasteiger partial charge is 0.499 e. The van der Waals surface area contributed by atoms with Gasteiger partial charge in [0.1, 0.15) is 24.7 Å². The molecule has 6 nitrogen and oxygen atoms in total. The average molecular weight is 392 g/mol. The van der Waals surface area contributed by atoms with Crippen molar-refractivity contribution in [2.45, 2.75) is 77.8 Å². The number of aliphatic hydroxyl groups is 1. The van der Waals surface area contributed by atoms with E-state index in [4.69, 9.17) is 18.8 Å². The molecule has 0 spiro atoms. The fourth-order valence-corrected chi connectivity index (χ4v) is 2.84. The number of aliphatic hydroxyl groups excluding tert-OH is 1. The van der Waals surface area contributed by atoms with Gasteiger partial charge in [-0.05, 0) is 47.1 Å². The van der Waals surface area contributed by atoms with E-state index in [1.165, 1.54) is 0 Å². The van der Waals surface area contributed by atoms with Crippen LogP contribution in [0, 0.1) is 0 Å². The zero-order chi connectivity index (χ0) is 20.9. The highest BCUT2D eigenvalue weighted by atomic mass is 16.7. The minimum absolute atomic E-state index is 0.0438. The maximum atomic E-state index is 11.6. The van der Waals surface area contributed by atoms with Gasteiger partial charge in [-0.3, -0.25) is 4.79 Å². The Kier molecular flexibility index (Phi) is 7.68. The maximum absolute atomic E-state index is 11.6. The molecule has 2 atom stereocenters. The lowest BCUT2D eigenvalue weighted by molar-refractivity contribution is -0.0444. The molecule has 0 aliphatic carbocycles. The van der Waals surface area contributed by atoms with Gasteiger partial charge in [-0.15, -0.1) is 0 Å². The van der Waals surface area contributed by atoms with Gasteiger partial charge in [-0.25, -0.2) is 0 Å². The molecule has 1 saturated heterocycles. The highest BCUT2D eigenvalue weighted by molar-refractivity contribution is 6.64. The fraction of sp³-hybridized carbons (Fsp3) is 0.667. The first-order valence-corrected chi connectivity index (χ1v) is 9.99. The molecular formula is C21H33BO6.